The first-order valence-electron chi connectivity index (χ1n) is 7.88. The van der Waals surface area contributed by atoms with E-state index in [9.17, 15) is 9.18 Å². The van der Waals surface area contributed by atoms with Crippen molar-refractivity contribution in [3.63, 3.8) is 0 Å². The summed E-state index contributed by atoms with van der Waals surface area (Å²) in [4.78, 5) is 14.1. The average Bonchev–Trinajstić information content (AvgIpc) is 2.97. The summed E-state index contributed by atoms with van der Waals surface area (Å²) in [5.41, 5.74) is 1.34. The Labute approximate surface area is 159 Å². The topological polar surface area (TPSA) is 57.1 Å². The molecule has 5 nitrogen and oxygen atoms in total. The van der Waals surface area contributed by atoms with Gasteiger partial charge in [0.1, 0.15) is 5.82 Å². The Morgan fingerprint density at radius 1 is 1.35 bits per heavy atom. The Hall–Kier alpha value is -2.38. The highest BCUT2D eigenvalue weighted by Gasteiger charge is 2.31. The Morgan fingerprint density at radius 3 is 2.85 bits per heavy atom. The van der Waals surface area contributed by atoms with Crippen LogP contribution in [0.15, 0.2) is 58.7 Å². The zero-order chi connectivity index (χ0) is 18.5. The van der Waals surface area contributed by atoms with Gasteiger partial charge in [0.25, 0.3) is 0 Å². The molecular weight excluding hydrogens is 375 g/mol. The first-order chi connectivity index (χ1) is 12.5. The number of rotatable bonds is 3. The van der Waals surface area contributed by atoms with Crippen LogP contribution in [0.5, 0.6) is 0 Å². The van der Waals surface area contributed by atoms with Gasteiger partial charge in [-0.3, -0.25) is 4.90 Å². The van der Waals surface area contributed by atoms with Crippen molar-refractivity contribution in [1.82, 2.24) is 4.90 Å². The largest absolute Gasteiger partial charge is 0.327 e. The first-order valence-corrected chi connectivity index (χ1v) is 9.14. The number of carbonyl (C=O) groups excluding carboxylic acids is 1. The third kappa shape index (κ3) is 4.83. The summed E-state index contributed by atoms with van der Waals surface area (Å²) in [6.45, 7) is 2.54. The molecule has 2 amide bonds. The second kappa shape index (κ2) is 8.33. The highest BCUT2D eigenvalue weighted by Crippen LogP contribution is 2.26. The highest BCUT2D eigenvalue weighted by molar-refractivity contribution is 8.14. The fourth-order valence-corrected chi connectivity index (χ4v) is 3.47. The van der Waals surface area contributed by atoms with Gasteiger partial charge in [-0.1, -0.05) is 48.5 Å². The number of nitrogens with zero attached hydrogens (tertiary/aromatic N) is 3. The quantitative estimate of drug-likeness (QED) is 0.602. The summed E-state index contributed by atoms with van der Waals surface area (Å²) in [6.07, 6.45) is 1.52. The van der Waals surface area contributed by atoms with E-state index in [1.807, 2.05) is 6.92 Å². The van der Waals surface area contributed by atoms with E-state index in [1.165, 1.54) is 35.0 Å². The monoisotopic (exact) mass is 390 g/mol. The van der Waals surface area contributed by atoms with Crippen molar-refractivity contribution >= 4 is 46.5 Å². The second-order valence-electron chi connectivity index (χ2n) is 5.66. The van der Waals surface area contributed by atoms with Crippen LogP contribution in [0, 0.1) is 5.82 Å². The SMILES string of the molecule is CC1CN(C(=O)Nc2cccc(Cl)c2)/C(=N/N=C/c2ccc(F)cc2)S1. The summed E-state index contributed by atoms with van der Waals surface area (Å²) in [6, 6.07) is 12.6. The Balaban J connectivity index is 1.71. The fraction of sp³-hybridized carbons (Fsp3) is 0.167. The van der Waals surface area contributed by atoms with Crippen molar-refractivity contribution in [2.75, 3.05) is 11.9 Å². The number of anilines is 1. The molecule has 1 heterocycles. The zero-order valence-electron chi connectivity index (χ0n) is 13.9. The Bertz CT molecular complexity index is 857. The lowest BCUT2D eigenvalue weighted by atomic mass is 10.2. The second-order valence-corrected chi connectivity index (χ2v) is 7.50. The predicted molar refractivity (Wildman–Crippen MR) is 106 cm³/mol. The molecule has 1 saturated heterocycles. The summed E-state index contributed by atoms with van der Waals surface area (Å²) >= 11 is 7.41. The number of hydrogen-bond donors (Lipinski definition) is 1. The fourth-order valence-electron chi connectivity index (χ4n) is 2.31. The van der Waals surface area contributed by atoms with E-state index in [0.29, 0.717) is 22.4 Å². The predicted octanol–water partition coefficient (Wildman–Crippen LogP) is 4.84. The molecule has 0 radical (unpaired) electrons. The van der Waals surface area contributed by atoms with E-state index < -0.39 is 0 Å². The van der Waals surface area contributed by atoms with Gasteiger partial charge < -0.3 is 5.32 Å². The minimum Gasteiger partial charge on any atom is -0.307 e. The van der Waals surface area contributed by atoms with Crippen molar-refractivity contribution in [3.05, 3.63) is 64.9 Å². The van der Waals surface area contributed by atoms with E-state index in [2.05, 4.69) is 15.5 Å². The molecule has 0 aromatic heterocycles. The zero-order valence-corrected chi connectivity index (χ0v) is 15.5. The van der Waals surface area contributed by atoms with Gasteiger partial charge in [0.05, 0.1) is 6.21 Å². The number of thioether (sulfide) groups is 1. The lowest BCUT2D eigenvalue weighted by Crippen LogP contribution is -2.36. The van der Waals surface area contributed by atoms with Gasteiger partial charge in [0.2, 0.25) is 0 Å². The number of amides is 2. The maximum absolute atomic E-state index is 12.9. The molecule has 26 heavy (non-hydrogen) atoms. The number of hydrogen-bond acceptors (Lipinski definition) is 4. The Morgan fingerprint density at radius 2 is 2.12 bits per heavy atom. The molecule has 1 fully saturated rings. The molecule has 1 aliphatic rings. The molecule has 0 bridgehead atoms. The van der Waals surface area contributed by atoms with Crippen molar-refractivity contribution in [2.24, 2.45) is 10.2 Å². The molecule has 0 spiro atoms. The third-order valence-corrected chi connectivity index (χ3v) is 4.82. The number of nitrogens with one attached hydrogen (secondary N) is 1. The molecule has 1 aliphatic heterocycles. The molecular formula is C18H16ClFN4OS. The lowest BCUT2D eigenvalue weighted by molar-refractivity contribution is 0.235. The molecule has 2 aromatic carbocycles. The van der Waals surface area contributed by atoms with Gasteiger partial charge in [-0.25, -0.2) is 9.18 Å². The number of benzene rings is 2. The van der Waals surface area contributed by atoms with Crippen molar-refractivity contribution in [2.45, 2.75) is 12.2 Å². The van der Waals surface area contributed by atoms with Crippen molar-refractivity contribution < 1.29 is 9.18 Å². The van der Waals surface area contributed by atoms with Crippen LogP contribution in [-0.4, -0.2) is 34.1 Å². The number of carbonyl (C=O) groups is 1. The van der Waals surface area contributed by atoms with Crippen LogP contribution in [0.3, 0.4) is 0 Å². The van der Waals surface area contributed by atoms with Gasteiger partial charge in [-0.05, 0) is 35.9 Å². The standard InChI is InChI=1S/C18H16ClFN4OS/c1-12-11-24(17(25)22-16-4-2-3-14(19)9-16)18(26-12)23-21-10-13-5-7-15(20)8-6-13/h2-10,12H,11H2,1H3,(H,22,25)/b21-10+,23-18-. The van der Waals surface area contributed by atoms with E-state index in [4.69, 9.17) is 11.6 Å². The summed E-state index contributed by atoms with van der Waals surface area (Å²) in [7, 11) is 0. The van der Waals surface area contributed by atoms with Crippen LogP contribution in [0.4, 0.5) is 14.9 Å². The number of urea groups is 1. The van der Waals surface area contributed by atoms with Crippen LogP contribution in [0.2, 0.25) is 5.02 Å². The van der Waals surface area contributed by atoms with Gasteiger partial charge in [-0.2, -0.15) is 5.10 Å². The molecule has 0 aliphatic carbocycles. The maximum atomic E-state index is 12.9. The Kier molecular flexibility index (Phi) is 5.90. The summed E-state index contributed by atoms with van der Waals surface area (Å²) in [5.74, 6) is -0.308. The average molecular weight is 391 g/mol. The molecule has 8 heteroatoms. The molecule has 1 N–H and O–H groups in total. The maximum Gasteiger partial charge on any atom is 0.327 e. The molecule has 1 atom stereocenters. The van der Waals surface area contributed by atoms with E-state index in [1.54, 1.807) is 36.4 Å². The first kappa shape index (κ1) is 18.4. The van der Waals surface area contributed by atoms with Gasteiger partial charge in [0, 0.05) is 22.5 Å². The van der Waals surface area contributed by atoms with Crippen LogP contribution in [0.1, 0.15) is 12.5 Å². The highest BCUT2D eigenvalue weighted by atomic mass is 35.5. The van der Waals surface area contributed by atoms with Crippen molar-refractivity contribution in [1.29, 1.82) is 0 Å². The van der Waals surface area contributed by atoms with Gasteiger partial charge >= 0.3 is 6.03 Å². The van der Waals surface area contributed by atoms with Gasteiger partial charge in [0.15, 0.2) is 5.17 Å². The van der Waals surface area contributed by atoms with Crippen LogP contribution in [-0.2, 0) is 0 Å². The number of amidine groups is 1. The van der Waals surface area contributed by atoms with E-state index in [0.717, 1.165) is 5.56 Å². The third-order valence-electron chi connectivity index (χ3n) is 3.52. The van der Waals surface area contributed by atoms with Crippen LogP contribution in [0.25, 0.3) is 0 Å². The lowest BCUT2D eigenvalue weighted by Gasteiger charge is -2.16. The molecule has 134 valence electrons. The van der Waals surface area contributed by atoms with Crippen molar-refractivity contribution in [3.8, 4) is 0 Å². The molecule has 0 saturated carbocycles. The smallest absolute Gasteiger partial charge is 0.307 e. The van der Waals surface area contributed by atoms with E-state index >= 15 is 0 Å². The summed E-state index contributed by atoms with van der Waals surface area (Å²) < 4.78 is 12.9. The van der Waals surface area contributed by atoms with Gasteiger partial charge in [-0.15, -0.1) is 5.10 Å². The van der Waals surface area contributed by atoms with Crippen LogP contribution >= 0.6 is 23.4 Å². The molecule has 2 aromatic rings. The normalized spacial score (nSPS) is 18.7. The van der Waals surface area contributed by atoms with E-state index in [-0.39, 0.29) is 17.1 Å². The van der Waals surface area contributed by atoms with Crippen LogP contribution < -0.4 is 5.32 Å². The molecule has 3 rings (SSSR count). The minimum atomic E-state index is -0.308. The summed E-state index contributed by atoms with van der Waals surface area (Å²) in [5, 5.41) is 12.2. The minimum absolute atomic E-state index is 0.208. The molecule has 1 unspecified atom stereocenters. The number of halogens is 2.